The molecule has 1 fully saturated rings. The summed E-state index contributed by atoms with van der Waals surface area (Å²) in [5.41, 5.74) is 0.438. The maximum absolute atomic E-state index is 13.2. The average molecular weight is 369 g/mol. The van der Waals surface area contributed by atoms with E-state index in [-0.39, 0.29) is 15.6 Å². The van der Waals surface area contributed by atoms with Crippen LogP contribution in [0.2, 0.25) is 0 Å². The van der Waals surface area contributed by atoms with Crippen LogP contribution in [0.4, 0.5) is 4.39 Å². The molecule has 126 valence electrons. The Bertz CT molecular complexity index is 749. The molecule has 0 spiro atoms. The minimum atomic E-state index is -1.35. The minimum absolute atomic E-state index is 0.0282. The van der Waals surface area contributed by atoms with Gasteiger partial charge in [0.05, 0.1) is 4.91 Å². The van der Waals surface area contributed by atoms with E-state index in [0.29, 0.717) is 5.56 Å². The first-order valence-corrected chi connectivity index (χ1v) is 7.99. The van der Waals surface area contributed by atoms with Gasteiger partial charge >= 0.3 is 11.9 Å². The first-order valence-electron chi connectivity index (χ1n) is 6.77. The number of benzene rings is 1. The summed E-state index contributed by atoms with van der Waals surface area (Å²) in [5, 5.41) is 18.0. The van der Waals surface area contributed by atoms with Gasteiger partial charge in [0.25, 0.3) is 5.91 Å². The van der Waals surface area contributed by atoms with Crippen LogP contribution < -0.4 is 0 Å². The highest BCUT2D eigenvalue weighted by molar-refractivity contribution is 8.26. The van der Waals surface area contributed by atoms with E-state index >= 15 is 0 Å². The number of hydrogen-bond donors (Lipinski definition) is 2. The van der Waals surface area contributed by atoms with E-state index in [9.17, 15) is 23.9 Å². The molecule has 6 nitrogen and oxygen atoms in total. The van der Waals surface area contributed by atoms with E-state index in [1.807, 2.05) is 0 Å². The third-order valence-corrected chi connectivity index (χ3v) is 4.53. The lowest BCUT2D eigenvalue weighted by Crippen LogP contribution is -2.44. The zero-order valence-corrected chi connectivity index (χ0v) is 13.8. The molecule has 1 aliphatic heterocycles. The van der Waals surface area contributed by atoms with Crippen LogP contribution in [0.1, 0.15) is 18.4 Å². The molecule has 1 aliphatic rings. The van der Waals surface area contributed by atoms with Gasteiger partial charge in [0.15, 0.2) is 0 Å². The number of carbonyl (C=O) groups is 3. The Morgan fingerprint density at radius 2 is 2.08 bits per heavy atom. The van der Waals surface area contributed by atoms with E-state index < -0.39 is 36.1 Å². The first-order chi connectivity index (χ1) is 11.3. The fraction of sp³-hybridized carbons (Fsp3) is 0.200. The number of hydrogen-bond acceptors (Lipinski definition) is 5. The van der Waals surface area contributed by atoms with Gasteiger partial charge in [-0.05, 0) is 30.2 Å². The van der Waals surface area contributed by atoms with Gasteiger partial charge in [-0.15, -0.1) is 0 Å². The highest BCUT2D eigenvalue weighted by atomic mass is 32.2. The van der Waals surface area contributed by atoms with Crippen LogP contribution in [-0.2, 0) is 14.4 Å². The molecule has 1 aromatic rings. The highest BCUT2D eigenvalue weighted by Gasteiger charge is 2.40. The first kappa shape index (κ1) is 18.1. The zero-order valence-electron chi connectivity index (χ0n) is 12.1. The largest absolute Gasteiger partial charge is 0.481 e. The number of carbonyl (C=O) groups excluding carboxylic acids is 1. The number of amides is 1. The minimum Gasteiger partial charge on any atom is -0.481 e. The molecule has 0 radical (unpaired) electrons. The Hall–Kier alpha value is -2.26. The molecule has 2 rings (SSSR count). The maximum Gasteiger partial charge on any atom is 0.326 e. The summed E-state index contributed by atoms with van der Waals surface area (Å²) in [5.74, 6) is -3.60. The number of halogens is 1. The smallest absolute Gasteiger partial charge is 0.326 e. The van der Waals surface area contributed by atoms with Crippen molar-refractivity contribution in [2.45, 2.75) is 18.9 Å². The van der Waals surface area contributed by atoms with E-state index in [2.05, 4.69) is 0 Å². The van der Waals surface area contributed by atoms with E-state index in [1.54, 1.807) is 6.07 Å². The lowest BCUT2D eigenvalue weighted by atomic mass is 10.1. The van der Waals surface area contributed by atoms with E-state index in [4.69, 9.17) is 17.3 Å². The van der Waals surface area contributed by atoms with Gasteiger partial charge in [-0.3, -0.25) is 14.5 Å². The van der Waals surface area contributed by atoms with Crippen molar-refractivity contribution in [1.29, 1.82) is 0 Å². The Morgan fingerprint density at radius 1 is 1.38 bits per heavy atom. The standard InChI is InChI=1S/C15H12FNO5S2/c16-9-3-1-2-8(6-9)7-11-13(20)17(15(23)24-11)10(14(21)22)4-5-12(18)19/h1-3,6-7,10H,4-5H2,(H,18,19)(H,21,22)/b11-7-/t10-/m1/s1. The van der Waals surface area contributed by atoms with Gasteiger partial charge in [-0.2, -0.15) is 0 Å². The van der Waals surface area contributed by atoms with Crippen molar-refractivity contribution in [2.75, 3.05) is 0 Å². The third kappa shape index (κ3) is 4.18. The molecule has 0 aliphatic carbocycles. The lowest BCUT2D eigenvalue weighted by molar-refractivity contribution is -0.146. The molecule has 1 atom stereocenters. The molecule has 24 heavy (non-hydrogen) atoms. The number of nitrogens with zero attached hydrogens (tertiary/aromatic N) is 1. The summed E-state index contributed by atoms with van der Waals surface area (Å²) in [6.45, 7) is 0. The maximum atomic E-state index is 13.2. The fourth-order valence-electron chi connectivity index (χ4n) is 2.12. The lowest BCUT2D eigenvalue weighted by Gasteiger charge is -2.22. The van der Waals surface area contributed by atoms with Crippen LogP contribution in [0.15, 0.2) is 29.2 Å². The molecule has 0 unspecified atom stereocenters. The molecule has 2 N–H and O–H groups in total. The second-order valence-corrected chi connectivity index (χ2v) is 6.57. The Balaban J connectivity index is 2.26. The van der Waals surface area contributed by atoms with Crippen LogP contribution in [0.25, 0.3) is 6.08 Å². The number of thioether (sulfide) groups is 1. The van der Waals surface area contributed by atoms with Crippen molar-refractivity contribution in [2.24, 2.45) is 0 Å². The summed E-state index contributed by atoms with van der Waals surface area (Å²) < 4.78 is 13.2. The molecule has 1 heterocycles. The monoisotopic (exact) mass is 369 g/mol. The van der Waals surface area contributed by atoms with Crippen molar-refractivity contribution in [3.8, 4) is 0 Å². The highest BCUT2D eigenvalue weighted by Crippen LogP contribution is 2.35. The molecule has 0 saturated carbocycles. The Morgan fingerprint density at radius 3 is 2.67 bits per heavy atom. The topological polar surface area (TPSA) is 94.9 Å². The molecular formula is C15H12FNO5S2. The molecule has 1 aromatic carbocycles. The quantitative estimate of drug-likeness (QED) is 0.587. The van der Waals surface area contributed by atoms with Crippen molar-refractivity contribution in [3.05, 3.63) is 40.6 Å². The summed E-state index contributed by atoms with van der Waals surface area (Å²) in [4.78, 5) is 35.5. The number of carboxylic acid groups (broad SMARTS) is 2. The zero-order chi connectivity index (χ0) is 17.9. The molecule has 1 saturated heterocycles. The molecular weight excluding hydrogens is 357 g/mol. The van der Waals surface area contributed by atoms with Gasteiger partial charge in [0, 0.05) is 6.42 Å². The van der Waals surface area contributed by atoms with E-state index in [0.717, 1.165) is 16.7 Å². The SMILES string of the molecule is O=C(O)CC[C@H](C(=O)O)N1C(=O)/C(=C/c2cccc(F)c2)SC1=S. The summed E-state index contributed by atoms with van der Waals surface area (Å²) >= 11 is 5.95. The average Bonchev–Trinajstić information content (AvgIpc) is 2.74. The van der Waals surface area contributed by atoms with Gasteiger partial charge in [-0.1, -0.05) is 36.1 Å². The number of thiocarbonyl (C=S) groups is 1. The van der Waals surface area contributed by atoms with Crippen LogP contribution in [0.3, 0.4) is 0 Å². The van der Waals surface area contributed by atoms with Crippen LogP contribution in [0, 0.1) is 5.82 Å². The molecule has 0 bridgehead atoms. The fourth-order valence-corrected chi connectivity index (χ4v) is 3.48. The summed E-state index contributed by atoms with van der Waals surface area (Å²) in [6, 6.07) is 4.21. The van der Waals surface area contributed by atoms with Gasteiger partial charge < -0.3 is 10.2 Å². The second-order valence-electron chi connectivity index (χ2n) is 4.89. The number of rotatable bonds is 6. The molecule has 9 heteroatoms. The second kappa shape index (κ2) is 7.54. The Labute approximate surface area is 146 Å². The van der Waals surface area contributed by atoms with Crippen molar-refractivity contribution >= 4 is 52.2 Å². The summed E-state index contributed by atoms with van der Waals surface area (Å²) in [6.07, 6.45) is 0.750. The summed E-state index contributed by atoms with van der Waals surface area (Å²) in [7, 11) is 0. The third-order valence-electron chi connectivity index (χ3n) is 3.20. The van der Waals surface area contributed by atoms with Gasteiger partial charge in [0.1, 0.15) is 16.2 Å². The van der Waals surface area contributed by atoms with E-state index in [1.165, 1.54) is 24.3 Å². The molecule has 0 aromatic heterocycles. The molecule has 1 amide bonds. The van der Waals surface area contributed by atoms with Crippen LogP contribution in [0.5, 0.6) is 0 Å². The normalized spacial score (nSPS) is 17.4. The van der Waals surface area contributed by atoms with Crippen LogP contribution in [-0.4, -0.2) is 43.3 Å². The van der Waals surface area contributed by atoms with Crippen molar-refractivity contribution in [3.63, 3.8) is 0 Å². The van der Waals surface area contributed by atoms with Gasteiger partial charge in [-0.25, -0.2) is 9.18 Å². The number of aliphatic carboxylic acids is 2. The predicted molar refractivity (Wildman–Crippen MR) is 89.7 cm³/mol. The van der Waals surface area contributed by atoms with Crippen LogP contribution >= 0.6 is 24.0 Å². The van der Waals surface area contributed by atoms with Gasteiger partial charge in [0.2, 0.25) is 0 Å². The van der Waals surface area contributed by atoms with Crippen molar-refractivity contribution in [1.82, 2.24) is 4.90 Å². The number of carboxylic acids is 2. The van der Waals surface area contributed by atoms with Crippen molar-refractivity contribution < 1.29 is 29.0 Å². The Kier molecular flexibility index (Phi) is 5.68. The predicted octanol–water partition coefficient (Wildman–Crippen LogP) is 2.34.